The number of aryl methyl sites for hydroxylation is 1. The Kier molecular flexibility index (Phi) is 3.98. The predicted molar refractivity (Wildman–Crippen MR) is 80.3 cm³/mol. The number of aliphatic carboxylic acids is 1. The average molecular weight is 324 g/mol. The van der Waals surface area contributed by atoms with Gasteiger partial charge in [-0.25, -0.2) is 4.98 Å². The predicted octanol–water partition coefficient (Wildman–Crippen LogP) is 0.316. The van der Waals surface area contributed by atoms with E-state index in [-0.39, 0.29) is 12.1 Å². The first kappa shape index (κ1) is 15.1. The maximum absolute atomic E-state index is 12.6. The Labute approximate surface area is 129 Å². The second-order valence-electron chi connectivity index (χ2n) is 5.44. The van der Waals surface area contributed by atoms with Crippen LogP contribution in [0.4, 0.5) is 0 Å². The van der Waals surface area contributed by atoms with Gasteiger partial charge in [-0.1, -0.05) is 0 Å². The number of nitrogens with zero attached hydrogens (tertiary/aromatic N) is 2. The van der Waals surface area contributed by atoms with Crippen molar-refractivity contribution in [1.29, 1.82) is 0 Å². The molecule has 0 fully saturated rings. The first-order valence-electron chi connectivity index (χ1n) is 7.05. The van der Waals surface area contributed by atoms with E-state index in [0.29, 0.717) is 22.2 Å². The highest BCUT2D eigenvalue weighted by molar-refractivity contribution is 7.18. The molecule has 2 unspecified atom stereocenters. The number of thiophene rings is 1. The summed E-state index contributed by atoms with van der Waals surface area (Å²) >= 11 is 1.37. The number of hydrogen-bond donors (Lipinski definition) is 3. The van der Waals surface area contributed by atoms with Crippen LogP contribution in [0.5, 0.6) is 0 Å². The average Bonchev–Trinajstić information content (AvgIpc) is 2.88. The van der Waals surface area contributed by atoms with Crippen LogP contribution >= 0.6 is 11.3 Å². The van der Waals surface area contributed by atoms with E-state index in [2.05, 4.69) is 4.98 Å². The summed E-state index contributed by atoms with van der Waals surface area (Å²) in [4.78, 5) is 29.8. The third kappa shape index (κ3) is 2.43. The second kappa shape index (κ2) is 5.79. The molecule has 118 valence electrons. The van der Waals surface area contributed by atoms with Crippen LogP contribution in [0.25, 0.3) is 10.2 Å². The van der Waals surface area contributed by atoms with E-state index >= 15 is 0 Å². The molecular formula is C14H16N2O5S. The van der Waals surface area contributed by atoms with E-state index in [4.69, 9.17) is 5.11 Å². The zero-order valence-electron chi connectivity index (χ0n) is 11.7. The highest BCUT2D eigenvalue weighted by Crippen LogP contribution is 2.40. The summed E-state index contributed by atoms with van der Waals surface area (Å²) in [6, 6.07) is 0. The number of carboxylic acids is 1. The summed E-state index contributed by atoms with van der Waals surface area (Å²) in [6.45, 7) is -0.523. The Bertz CT molecular complexity index is 781. The van der Waals surface area contributed by atoms with E-state index < -0.39 is 24.6 Å². The van der Waals surface area contributed by atoms with Gasteiger partial charge >= 0.3 is 5.97 Å². The fourth-order valence-electron chi connectivity index (χ4n) is 2.92. The van der Waals surface area contributed by atoms with Gasteiger partial charge in [0.15, 0.2) is 0 Å². The van der Waals surface area contributed by atoms with E-state index in [0.717, 1.165) is 17.7 Å². The lowest BCUT2D eigenvalue weighted by molar-refractivity contribution is -0.139. The Morgan fingerprint density at radius 3 is 3.00 bits per heavy atom. The van der Waals surface area contributed by atoms with E-state index in [1.165, 1.54) is 22.2 Å². The van der Waals surface area contributed by atoms with Crippen LogP contribution in [-0.4, -0.2) is 43.6 Å². The van der Waals surface area contributed by atoms with Crippen molar-refractivity contribution in [2.75, 3.05) is 6.61 Å². The lowest BCUT2D eigenvalue weighted by Gasteiger charge is -2.19. The number of hydrogen-bond acceptors (Lipinski definition) is 6. The van der Waals surface area contributed by atoms with E-state index in [1.807, 2.05) is 0 Å². The molecule has 0 saturated heterocycles. The number of aromatic nitrogens is 2. The highest BCUT2D eigenvalue weighted by atomic mass is 32.1. The molecule has 0 bridgehead atoms. The van der Waals surface area contributed by atoms with Crippen molar-refractivity contribution < 1.29 is 20.1 Å². The van der Waals surface area contributed by atoms with Crippen LogP contribution in [0, 0.1) is 0 Å². The van der Waals surface area contributed by atoms with Gasteiger partial charge in [-0.2, -0.15) is 0 Å². The quantitative estimate of drug-likeness (QED) is 0.746. The van der Waals surface area contributed by atoms with Gasteiger partial charge in [0.25, 0.3) is 5.56 Å². The molecule has 3 rings (SSSR count). The lowest BCUT2D eigenvalue weighted by Crippen LogP contribution is -2.29. The van der Waals surface area contributed by atoms with Crippen LogP contribution in [-0.2, 0) is 17.8 Å². The van der Waals surface area contributed by atoms with Gasteiger partial charge in [0, 0.05) is 4.88 Å². The number of carbonyl (C=O) groups is 1. The third-order valence-corrected chi connectivity index (χ3v) is 5.13. The molecule has 7 nitrogen and oxygen atoms in total. The van der Waals surface area contributed by atoms with Gasteiger partial charge in [-0.05, 0) is 24.8 Å². The van der Waals surface area contributed by atoms with Crippen LogP contribution in [0.2, 0.25) is 0 Å². The first-order valence-corrected chi connectivity index (χ1v) is 7.87. The zero-order chi connectivity index (χ0) is 15.9. The molecule has 0 aliphatic heterocycles. The number of aliphatic hydroxyl groups excluding tert-OH is 2. The highest BCUT2D eigenvalue weighted by Gasteiger charge is 2.32. The summed E-state index contributed by atoms with van der Waals surface area (Å²) in [6.07, 6.45) is 2.34. The molecule has 2 aromatic rings. The third-order valence-electron chi connectivity index (χ3n) is 3.95. The SMILES string of the molecule is O=C(O)C1CCCc2sc3ncn(CC(O)CO)c(=O)c3c21. The second-order valence-corrected chi connectivity index (χ2v) is 6.52. The number of fused-ring (bicyclic) bond motifs is 3. The van der Waals surface area contributed by atoms with Gasteiger partial charge in [0.05, 0.1) is 36.9 Å². The van der Waals surface area contributed by atoms with Gasteiger partial charge in [0.2, 0.25) is 0 Å². The zero-order valence-corrected chi connectivity index (χ0v) is 12.5. The minimum atomic E-state index is -1.05. The number of aliphatic hydroxyl groups is 2. The summed E-state index contributed by atoms with van der Waals surface area (Å²) in [5.74, 6) is -1.60. The van der Waals surface area contributed by atoms with Gasteiger partial charge in [-0.3, -0.25) is 14.2 Å². The minimum Gasteiger partial charge on any atom is -0.481 e. The molecule has 3 N–H and O–H groups in total. The Hall–Kier alpha value is -1.77. The minimum absolute atomic E-state index is 0.0688. The van der Waals surface area contributed by atoms with Crippen molar-refractivity contribution in [3.05, 3.63) is 27.1 Å². The van der Waals surface area contributed by atoms with Crippen LogP contribution in [0.3, 0.4) is 0 Å². The molecule has 8 heteroatoms. The van der Waals surface area contributed by atoms with Gasteiger partial charge in [0.1, 0.15) is 4.83 Å². The molecule has 0 amide bonds. The summed E-state index contributed by atoms with van der Waals surface area (Å²) in [5, 5.41) is 28.2. The Morgan fingerprint density at radius 2 is 2.32 bits per heavy atom. The summed E-state index contributed by atoms with van der Waals surface area (Å²) in [5.41, 5.74) is 0.229. The maximum Gasteiger partial charge on any atom is 0.311 e. The van der Waals surface area contributed by atoms with Crippen molar-refractivity contribution in [1.82, 2.24) is 9.55 Å². The van der Waals surface area contributed by atoms with Crippen molar-refractivity contribution in [2.24, 2.45) is 0 Å². The smallest absolute Gasteiger partial charge is 0.311 e. The molecular weight excluding hydrogens is 308 g/mol. The first-order chi connectivity index (χ1) is 10.5. The van der Waals surface area contributed by atoms with Crippen molar-refractivity contribution in [3.63, 3.8) is 0 Å². The van der Waals surface area contributed by atoms with E-state index in [9.17, 15) is 19.8 Å². The molecule has 2 aromatic heterocycles. The van der Waals surface area contributed by atoms with Crippen LogP contribution < -0.4 is 5.56 Å². The molecule has 0 saturated carbocycles. The number of rotatable bonds is 4. The summed E-state index contributed by atoms with van der Waals surface area (Å²) in [7, 11) is 0. The normalized spacial score (nSPS) is 19.1. The lowest BCUT2D eigenvalue weighted by atomic mass is 9.86. The standard InChI is InChI=1S/C14H16N2O5S/c17-5-7(18)4-16-6-15-12-11(13(16)19)10-8(14(20)21)2-1-3-9(10)22-12/h6-8,17-18H,1-5H2,(H,20,21). The van der Waals surface area contributed by atoms with Crippen molar-refractivity contribution >= 4 is 27.5 Å². The van der Waals surface area contributed by atoms with Crippen molar-refractivity contribution in [3.8, 4) is 0 Å². The van der Waals surface area contributed by atoms with E-state index in [1.54, 1.807) is 0 Å². The molecule has 1 aliphatic carbocycles. The molecule has 22 heavy (non-hydrogen) atoms. The molecule has 1 aliphatic rings. The fourth-order valence-corrected chi connectivity index (χ4v) is 4.15. The molecule has 2 heterocycles. The largest absolute Gasteiger partial charge is 0.481 e. The fraction of sp³-hybridized carbons (Fsp3) is 0.500. The van der Waals surface area contributed by atoms with Crippen molar-refractivity contribution in [2.45, 2.75) is 37.8 Å². The molecule has 0 aromatic carbocycles. The molecule has 0 spiro atoms. The topological polar surface area (TPSA) is 113 Å². The van der Waals surface area contributed by atoms with Gasteiger partial charge < -0.3 is 15.3 Å². The summed E-state index contributed by atoms with van der Waals surface area (Å²) < 4.78 is 1.23. The van der Waals surface area contributed by atoms with Crippen LogP contribution in [0.15, 0.2) is 11.1 Å². The Morgan fingerprint density at radius 1 is 1.55 bits per heavy atom. The van der Waals surface area contributed by atoms with Gasteiger partial charge in [-0.15, -0.1) is 11.3 Å². The number of carboxylic acid groups (broad SMARTS) is 1. The maximum atomic E-state index is 12.6. The molecule has 0 radical (unpaired) electrons. The Balaban J connectivity index is 2.19. The van der Waals surface area contributed by atoms with Crippen LogP contribution in [0.1, 0.15) is 29.2 Å². The molecule has 2 atom stereocenters. The monoisotopic (exact) mass is 324 g/mol.